The molecule has 0 radical (unpaired) electrons. The first kappa shape index (κ1) is 29.5. The van der Waals surface area contributed by atoms with Crippen molar-refractivity contribution in [2.24, 2.45) is 0 Å². The van der Waals surface area contributed by atoms with Gasteiger partial charge in [-0.1, -0.05) is 115 Å². The Hall–Kier alpha value is -7.17. The van der Waals surface area contributed by atoms with Crippen LogP contribution in [0, 0.1) is 0 Å². The molecule has 4 nitrogen and oxygen atoms in total. The average Bonchev–Trinajstić information content (AvgIpc) is 3.83. The zero-order chi connectivity index (χ0) is 34.9. The number of rotatable bonds is 5. The lowest BCUT2D eigenvalue weighted by Crippen LogP contribution is -2.09. The van der Waals surface area contributed by atoms with Crippen molar-refractivity contribution in [3.63, 3.8) is 0 Å². The minimum Gasteiger partial charge on any atom is -0.456 e. The van der Waals surface area contributed by atoms with Gasteiger partial charge in [0.25, 0.3) is 0 Å². The minimum absolute atomic E-state index is 0.621. The summed E-state index contributed by atoms with van der Waals surface area (Å²) in [6.45, 7) is 0. The molecule has 2 heterocycles. The quantitative estimate of drug-likeness (QED) is 0.170. The molecule has 11 rings (SSSR count). The molecule has 0 fully saturated rings. The summed E-state index contributed by atoms with van der Waals surface area (Å²) < 4.78 is 13.1. The van der Waals surface area contributed by atoms with Crippen LogP contribution in [0.25, 0.3) is 87.9 Å². The van der Waals surface area contributed by atoms with E-state index in [-0.39, 0.29) is 0 Å². The van der Waals surface area contributed by atoms with Gasteiger partial charge in [-0.15, -0.1) is 0 Å². The zero-order valence-electron chi connectivity index (χ0n) is 28.5. The molecule has 0 saturated heterocycles. The Kier molecular flexibility index (Phi) is 6.52. The van der Waals surface area contributed by atoms with E-state index in [4.69, 9.17) is 13.8 Å². The lowest BCUT2D eigenvalue weighted by molar-refractivity contribution is 0.623. The standard InChI is InChI=1S/C49H30N2O2/c1-3-12-34(13-4-1)49-50-43-27-24-33-22-21-32-23-25-36(29-41(32)46(33)48(43)53-49)51(35-15-5-2-6-16-35)37-26-28-44-42(30-37)47-40(19-10-20-45(47)52-44)39-18-9-14-31-11-7-8-17-38(31)39/h1-30H. The fraction of sp³-hybridized carbons (Fsp3) is 0. The number of hydrogen-bond donors (Lipinski definition) is 0. The normalized spacial score (nSPS) is 11.8. The highest BCUT2D eigenvalue weighted by Gasteiger charge is 2.20. The van der Waals surface area contributed by atoms with E-state index in [9.17, 15) is 0 Å². The Morgan fingerprint density at radius 2 is 1.06 bits per heavy atom. The van der Waals surface area contributed by atoms with Crippen molar-refractivity contribution in [1.29, 1.82) is 0 Å². The molecule has 0 unspecified atom stereocenters. The molecular formula is C49H30N2O2. The molecule has 0 atom stereocenters. The van der Waals surface area contributed by atoms with Crippen LogP contribution in [-0.4, -0.2) is 4.98 Å². The molecule has 0 N–H and O–H groups in total. The van der Waals surface area contributed by atoms with Gasteiger partial charge >= 0.3 is 0 Å². The smallest absolute Gasteiger partial charge is 0.227 e. The number of oxazole rings is 1. The summed E-state index contributed by atoms with van der Waals surface area (Å²) in [5.41, 5.74) is 9.81. The summed E-state index contributed by atoms with van der Waals surface area (Å²) in [6, 6.07) is 63.9. The molecule has 0 aliphatic heterocycles. The second kappa shape index (κ2) is 11.7. The number of fused-ring (bicyclic) bond motifs is 9. The van der Waals surface area contributed by atoms with E-state index in [1.807, 2.05) is 30.3 Å². The van der Waals surface area contributed by atoms with Crippen LogP contribution in [0.4, 0.5) is 17.1 Å². The van der Waals surface area contributed by atoms with E-state index in [0.717, 1.165) is 82.8 Å². The maximum atomic E-state index is 6.56. The number of anilines is 3. The first-order chi connectivity index (χ1) is 26.3. The Morgan fingerprint density at radius 3 is 1.94 bits per heavy atom. The van der Waals surface area contributed by atoms with Crippen LogP contribution in [0.5, 0.6) is 0 Å². The summed E-state index contributed by atoms with van der Waals surface area (Å²) in [5, 5.41) is 9.03. The van der Waals surface area contributed by atoms with E-state index in [0.29, 0.717) is 5.89 Å². The van der Waals surface area contributed by atoms with Crippen LogP contribution in [-0.2, 0) is 0 Å². The maximum absolute atomic E-state index is 6.56. The molecule has 53 heavy (non-hydrogen) atoms. The highest BCUT2D eigenvalue weighted by molar-refractivity contribution is 6.19. The fourth-order valence-electron chi connectivity index (χ4n) is 8.02. The molecule has 11 aromatic rings. The van der Waals surface area contributed by atoms with Crippen molar-refractivity contribution in [3.8, 4) is 22.6 Å². The van der Waals surface area contributed by atoms with Gasteiger partial charge < -0.3 is 13.7 Å². The van der Waals surface area contributed by atoms with E-state index < -0.39 is 0 Å². The van der Waals surface area contributed by atoms with Crippen LogP contribution in [0.15, 0.2) is 191 Å². The first-order valence-electron chi connectivity index (χ1n) is 17.9. The molecule has 248 valence electrons. The third-order valence-corrected chi connectivity index (χ3v) is 10.4. The van der Waals surface area contributed by atoms with Gasteiger partial charge in [0.1, 0.15) is 16.7 Å². The van der Waals surface area contributed by atoms with Crippen LogP contribution in [0.3, 0.4) is 0 Å². The predicted octanol–water partition coefficient (Wildman–Crippen LogP) is 14.0. The summed E-state index contributed by atoms with van der Waals surface area (Å²) in [5.74, 6) is 0.621. The van der Waals surface area contributed by atoms with Gasteiger partial charge in [0.05, 0.1) is 0 Å². The Balaban J connectivity index is 1.14. The van der Waals surface area contributed by atoms with Crippen molar-refractivity contribution in [2.45, 2.75) is 0 Å². The van der Waals surface area contributed by atoms with Crippen LogP contribution in [0.2, 0.25) is 0 Å². The largest absolute Gasteiger partial charge is 0.456 e. The van der Waals surface area contributed by atoms with E-state index in [1.54, 1.807) is 0 Å². The van der Waals surface area contributed by atoms with Crippen molar-refractivity contribution in [2.75, 3.05) is 4.90 Å². The molecule has 4 heteroatoms. The molecule has 2 aromatic heterocycles. The SMILES string of the molecule is c1ccc(-c2nc3ccc4ccc5ccc(N(c6ccccc6)c6ccc7oc8cccc(-c9cccc%10ccccc9%10)c8c7c6)cc5c4c3o2)cc1. The first-order valence-corrected chi connectivity index (χ1v) is 17.9. The average molecular weight is 679 g/mol. The number of nitrogens with zero attached hydrogens (tertiary/aromatic N) is 2. The third-order valence-electron chi connectivity index (χ3n) is 10.4. The molecule has 0 bridgehead atoms. The van der Waals surface area contributed by atoms with Gasteiger partial charge in [-0.05, 0) is 105 Å². The van der Waals surface area contributed by atoms with E-state index >= 15 is 0 Å². The van der Waals surface area contributed by atoms with Crippen molar-refractivity contribution >= 4 is 82.4 Å². The van der Waals surface area contributed by atoms with Gasteiger partial charge in [0, 0.05) is 38.8 Å². The van der Waals surface area contributed by atoms with E-state index in [1.165, 1.54) is 16.3 Å². The topological polar surface area (TPSA) is 42.4 Å². The van der Waals surface area contributed by atoms with E-state index in [2.05, 4.69) is 157 Å². The molecule has 0 amide bonds. The molecule has 0 aliphatic rings. The summed E-state index contributed by atoms with van der Waals surface area (Å²) in [7, 11) is 0. The number of furan rings is 1. The van der Waals surface area contributed by atoms with Crippen molar-refractivity contribution in [1.82, 2.24) is 4.98 Å². The van der Waals surface area contributed by atoms with Crippen LogP contribution < -0.4 is 4.90 Å². The predicted molar refractivity (Wildman–Crippen MR) is 219 cm³/mol. The molecule has 0 saturated carbocycles. The van der Waals surface area contributed by atoms with Gasteiger partial charge in [-0.2, -0.15) is 0 Å². The van der Waals surface area contributed by atoms with Crippen molar-refractivity contribution in [3.05, 3.63) is 182 Å². The Labute approximate surface area is 304 Å². The highest BCUT2D eigenvalue weighted by Crippen LogP contribution is 2.44. The Bertz CT molecular complexity index is 3170. The monoisotopic (exact) mass is 678 g/mol. The van der Waals surface area contributed by atoms with Gasteiger partial charge in [0.2, 0.25) is 5.89 Å². The number of para-hydroxylation sites is 1. The maximum Gasteiger partial charge on any atom is 0.227 e. The van der Waals surface area contributed by atoms with Gasteiger partial charge in [-0.3, -0.25) is 0 Å². The molecule has 0 spiro atoms. The second-order valence-corrected chi connectivity index (χ2v) is 13.5. The molecular weight excluding hydrogens is 649 g/mol. The van der Waals surface area contributed by atoms with Crippen LogP contribution in [0.1, 0.15) is 0 Å². The van der Waals surface area contributed by atoms with Crippen LogP contribution >= 0.6 is 0 Å². The number of aromatic nitrogens is 1. The lowest BCUT2D eigenvalue weighted by Gasteiger charge is -2.26. The fourth-order valence-corrected chi connectivity index (χ4v) is 8.02. The zero-order valence-corrected chi connectivity index (χ0v) is 28.5. The second-order valence-electron chi connectivity index (χ2n) is 13.5. The molecule has 0 aliphatic carbocycles. The Morgan fingerprint density at radius 1 is 0.396 bits per heavy atom. The number of hydrogen-bond acceptors (Lipinski definition) is 4. The van der Waals surface area contributed by atoms with Crippen molar-refractivity contribution < 1.29 is 8.83 Å². The summed E-state index contributed by atoms with van der Waals surface area (Å²) in [6.07, 6.45) is 0. The van der Waals surface area contributed by atoms with Gasteiger partial charge in [0.15, 0.2) is 5.58 Å². The third kappa shape index (κ3) is 4.73. The molecule has 9 aromatic carbocycles. The number of benzene rings is 9. The minimum atomic E-state index is 0.621. The highest BCUT2D eigenvalue weighted by atomic mass is 16.3. The van der Waals surface area contributed by atoms with Gasteiger partial charge in [-0.25, -0.2) is 4.98 Å². The summed E-state index contributed by atoms with van der Waals surface area (Å²) >= 11 is 0. The summed E-state index contributed by atoms with van der Waals surface area (Å²) in [4.78, 5) is 7.23. The lowest BCUT2D eigenvalue weighted by atomic mass is 9.94.